The van der Waals surface area contributed by atoms with E-state index >= 15 is 0 Å². The number of rotatable bonds is 9. The molecule has 3 aliphatic heterocycles. The van der Waals surface area contributed by atoms with Gasteiger partial charge in [0.05, 0.1) is 27.1 Å². The molecule has 1 aromatic carbocycles. The molecule has 3 aromatic rings. The number of ether oxygens (including phenoxy) is 1. The van der Waals surface area contributed by atoms with Gasteiger partial charge in [0.25, 0.3) is 5.91 Å². The lowest BCUT2D eigenvalue weighted by Crippen LogP contribution is -2.54. The Bertz CT molecular complexity index is 1730. The number of carbonyl (C=O) groups is 2. The van der Waals surface area contributed by atoms with Crippen LogP contribution in [0.5, 0.6) is 0 Å². The van der Waals surface area contributed by atoms with E-state index in [-0.39, 0.29) is 47.5 Å². The van der Waals surface area contributed by atoms with Crippen molar-refractivity contribution in [2.45, 2.75) is 63.1 Å². The van der Waals surface area contributed by atoms with Gasteiger partial charge in [-0.1, -0.05) is 17.4 Å². The number of anilines is 3. The molecular weight excluding hydrogens is 589 g/mol. The zero-order chi connectivity index (χ0) is 30.0. The number of hydrogen-bond acceptors (Lipinski definition) is 9. The molecule has 1 saturated carbocycles. The van der Waals surface area contributed by atoms with Gasteiger partial charge in [-0.3, -0.25) is 14.5 Å². The molecule has 7 rings (SSSR count). The highest BCUT2D eigenvalue weighted by Gasteiger charge is 2.44. The lowest BCUT2D eigenvalue weighted by molar-refractivity contribution is -0.117. The summed E-state index contributed by atoms with van der Waals surface area (Å²) in [6, 6.07) is 9.14. The minimum absolute atomic E-state index is 0.0528. The lowest BCUT2D eigenvalue weighted by atomic mass is 10.0. The molecule has 4 aliphatic rings. The van der Waals surface area contributed by atoms with E-state index in [1.165, 1.54) is 15.6 Å². The van der Waals surface area contributed by atoms with Gasteiger partial charge in [-0.15, -0.1) is 0 Å². The molecular formula is C30H34N6O5S2. The molecule has 5 heterocycles. The summed E-state index contributed by atoms with van der Waals surface area (Å²) in [6.07, 6.45) is 3.37. The number of methoxy groups -OCH3 is 1. The summed E-state index contributed by atoms with van der Waals surface area (Å²) in [5.74, 6) is 1.48. The van der Waals surface area contributed by atoms with Crippen LogP contribution in [0.3, 0.4) is 0 Å². The first-order valence-corrected chi connectivity index (χ1v) is 16.9. The van der Waals surface area contributed by atoms with Crippen molar-refractivity contribution in [2.24, 2.45) is 5.92 Å². The maximum atomic E-state index is 13.9. The van der Waals surface area contributed by atoms with Crippen LogP contribution in [0.25, 0.3) is 10.4 Å². The molecule has 2 aromatic heterocycles. The Balaban J connectivity index is 1.23. The fraction of sp³-hybridized carbons (Fsp3) is 0.467. The average Bonchev–Trinajstić information content (AvgIpc) is 3.50. The summed E-state index contributed by atoms with van der Waals surface area (Å²) >= 11 is 1.40. The minimum Gasteiger partial charge on any atom is -0.379 e. The molecule has 43 heavy (non-hydrogen) atoms. The first-order chi connectivity index (χ1) is 20.6. The molecule has 2 saturated heterocycles. The van der Waals surface area contributed by atoms with Crippen LogP contribution in [0, 0.1) is 12.8 Å². The molecule has 13 heteroatoms. The van der Waals surface area contributed by atoms with E-state index in [1.807, 2.05) is 36.1 Å². The van der Waals surface area contributed by atoms with Crippen molar-refractivity contribution < 1.29 is 22.7 Å². The topological polar surface area (TPSA) is 125 Å². The van der Waals surface area contributed by atoms with Crippen molar-refractivity contribution in [3.63, 3.8) is 0 Å². The zero-order valence-corrected chi connectivity index (χ0v) is 26.0. The van der Waals surface area contributed by atoms with Gasteiger partial charge in [0.1, 0.15) is 11.6 Å². The number of aromatic nitrogens is 2. The number of aryl methyl sites for hydroxylation is 1. The third kappa shape index (κ3) is 5.01. The molecule has 1 unspecified atom stereocenters. The fourth-order valence-corrected chi connectivity index (χ4v) is 8.90. The second-order valence-electron chi connectivity index (χ2n) is 11.8. The Hall–Kier alpha value is -3.39. The number of amides is 2. The Kier molecular flexibility index (Phi) is 7.03. The van der Waals surface area contributed by atoms with E-state index in [1.54, 1.807) is 18.1 Å². The smallest absolute Gasteiger partial charge is 0.256 e. The molecule has 3 fully saturated rings. The number of hydrogen-bond donors (Lipinski definition) is 1. The maximum Gasteiger partial charge on any atom is 0.256 e. The third-order valence-corrected chi connectivity index (χ3v) is 11.9. The van der Waals surface area contributed by atoms with Gasteiger partial charge in [-0.2, -0.15) is 4.31 Å². The summed E-state index contributed by atoms with van der Waals surface area (Å²) in [5, 5.41) is 3.86. The normalized spacial score (nSPS) is 20.1. The van der Waals surface area contributed by atoms with Crippen molar-refractivity contribution in [2.75, 3.05) is 37.0 Å². The molecule has 1 N–H and O–H groups in total. The number of benzene rings is 1. The SMILES string of the molecule is COC1CN(S(=O)(=O)c2cc(-c3sc(Nc4cccc(N5CCCC5=O)n4)nc3C)cc3c2C(=O)N(C(C)C2CC2)C3)C1. The van der Waals surface area contributed by atoms with Crippen LogP contribution in [0.2, 0.25) is 0 Å². The van der Waals surface area contributed by atoms with Gasteiger partial charge in [-0.25, -0.2) is 18.4 Å². The van der Waals surface area contributed by atoms with Gasteiger partial charge in [0.2, 0.25) is 15.9 Å². The molecule has 0 bridgehead atoms. The highest BCUT2D eigenvalue weighted by molar-refractivity contribution is 7.89. The van der Waals surface area contributed by atoms with Gasteiger partial charge in [0, 0.05) is 45.8 Å². The average molecular weight is 623 g/mol. The Morgan fingerprint density at radius 2 is 1.93 bits per heavy atom. The number of thiazole rings is 1. The number of pyridine rings is 1. The predicted octanol–water partition coefficient (Wildman–Crippen LogP) is 4.16. The van der Waals surface area contributed by atoms with E-state index in [0.29, 0.717) is 47.8 Å². The van der Waals surface area contributed by atoms with Crippen LogP contribution in [0.1, 0.15) is 54.2 Å². The number of nitrogens with one attached hydrogen (secondary N) is 1. The second-order valence-corrected chi connectivity index (χ2v) is 14.7. The Morgan fingerprint density at radius 3 is 2.63 bits per heavy atom. The van der Waals surface area contributed by atoms with E-state index in [9.17, 15) is 18.0 Å². The standard InChI is InChI=1S/C30H34N6O5S2/c1-17-28(42-30(31-17)33-24-6-4-7-25(32-24)35-11-5-8-26(35)37)20-12-21-14-36(18(2)19-9-10-19)29(38)27(21)23(13-20)43(39,40)34-15-22(16-34)41-3/h4,6-7,12-13,18-19,22H,5,8-11,14-16H2,1-3H3,(H,31,32,33). The Labute approximate surface area is 254 Å². The number of carbonyl (C=O) groups excluding carboxylic acids is 2. The molecule has 2 amide bonds. The molecule has 0 spiro atoms. The van der Waals surface area contributed by atoms with Crippen LogP contribution in [-0.4, -0.2) is 78.3 Å². The number of fused-ring (bicyclic) bond motifs is 1. The van der Waals surface area contributed by atoms with Crippen molar-refractivity contribution in [1.29, 1.82) is 0 Å². The van der Waals surface area contributed by atoms with Crippen molar-refractivity contribution >= 4 is 49.9 Å². The number of sulfonamides is 1. The maximum absolute atomic E-state index is 13.9. The molecule has 1 aliphatic carbocycles. The Morgan fingerprint density at radius 1 is 1.14 bits per heavy atom. The van der Waals surface area contributed by atoms with Gasteiger partial charge < -0.3 is 15.0 Å². The molecule has 1 atom stereocenters. The summed E-state index contributed by atoms with van der Waals surface area (Å²) < 4.78 is 34.6. The minimum atomic E-state index is -3.93. The van der Waals surface area contributed by atoms with Crippen molar-refractivity contribution in [1.82, 2.24) is 19.2 Å². The van der Waals surface area contributed by atoms with E-state index in [4.69, 9.17) is 9.72 Å². The first-order valence-electron chi connectivity index (χ1n) is 14.7. The van der Waals surface area contributed by atoms with E-state index < -0.39 is 10.0 Å². The monoisotopic (exact) mass is 622 g/mol. The molecule has 0 radical (unpaired) electrons. The third-order valence-electron chi connectivity index (χ3n) is 8.94. The van der Waals surface area contributed by atoms with E-state index in [2.05, 4.69) is 17.2 Å². The summed E-state index contributed by atoms with van der Waals surface area (Å²) in [5.41, 5.74) is 2.46. The van der Waals surface area contributed by atoms with Crippen LogP contribution in [0.15, 0.2) is 35.2 Å². The van der Waals surface area contributed by atoms with E-state index in [0.717, 1.165) is 35.4 Å². The second kappa shape index (κ2) is 10.7. The first kappa shape index (κ1) is 28.4. The summed E-state index contributed by atoms with van der Waals surface area (Å²) in [6.45, 7) is 5.51. The van der Waals surface area contributed by atoms with Crippen molar-refractivity contribution in [3.8, 4) is 10.4 Å². The quantitative estimate of drug-likeness (QED) is 0.377. The summed E-state index contributed by atoms with van der Waals surface area (Å²) in [4.78, 5) is 39.7. The van der Waals surface area contributed by atoms with Crippen LogP contribution >= 0.6 is 11.3 Å². The predicted molar refractivity (Wildman–Crippen MR) is 163 cm³/mol. The molecule has 226 valence electrons. The van der Waals surface area contributed by atoms with Gasteiger partial charge in [-0.05, 0) is 74.4 Å². The van der Waals surface area contributed by atoms with Crippen LogP contribution in [0.4, 0.5) is 16.8 Å². The van der Waals surface area contributed by atoms with Gasteiger partial charge in [0.15, 0.2) is 5.13 Å². The van der Waals surface area contributed by atoms with Crippen LogP contribution in [-0.2, 0) is 26.1 Å². The van der Waals surface area contributed by atoms with Gasteiger partial charge >= 0.3 is 0 Å². The fourth-order valence-electron chi connectivity index (χ4n) is 6.18. The highest BCUT2D eigenvalue weighted by atomic mass is 32.2. The lowest BCUT2D eigenvalue weighted by Gasteiger charge is -2.37. The number of nitrogens with zero attached hydrogens (tertiary/aromatic N) is 5. The zero-order valence-electron chi connectivity index (χ0n) is 24.4. The van der Waals surface area contributed by atoms with Crippen molar-refractivity contribution in [3.05, 3.63) is 47.2 Å². The summed E-state index contributed by atoms with van der Waals surface area (Å²) in [7, 11) is -2.35. The van der Waals surface area contributed by atoms with Crippen LogP contribution < -0.4 is 10.2 Å². The largest absolute Gasteiger partial charge is 0.379 e. The highest BCUT2D eigenvalue weighted by Crippen LogP contribution is 2.43. The molecule has 11 nitrogen and oxygen atoms in total.